The van der Waals surface area contributed by atoms with Gasteiger partial charge in [0.25, 0.3) is 0 Å². The Bertz CT molecular complexity index is 459. The Morgan fingerprint density at radius 2 is 2.12 bits per heavy atom. The zero-order valence-electron chi connectivity index (χ0n) is 10.4. The molecular weight excluding hydrogens is 214 g/mol. The summed E-state index contributed by atoms with van der Waals surface area (Å²) in [6, 6.07) is 6.12. The molecule has 0 fully saturated rings. The van der Waals surface area contributed by atoms with E-state index in [0.717, 1.165) is 37.5 Å². The van der Waals surface area contributed by atoms with E-state index >= 15 is 0 Å². The van der Waals surface area contributed by atoms with Crippen molar-refractivity contribution in [2.45, 2.75) is 26.3 Å². The van der Waals surface area contributed by atoms with Gasteiger partial charge in [-0.25, -0.2) is 0 Å². The van der Waals surface area contributed by atoms with Crippen molar-refractivity contribution >= 4 is 0 Å². The van der Waals surface area contributed by atoms with E-state index in [9.17, 15) is 0 Å². The van der Waals surface area contributed by atoms with Gasteiger partial charge >= 0.3 is 0 Å². The molecule has 1 N–H and O–H groups in total. The maximum Gasteiger partial charge on any atom is 0.117 e. The Balaban J connectivity index is 1.71. The Kier molecular flexibility index (Phi) is 3.98. The third kappa shape index (κ3) is 3.20. The van der Waals surface area contributed by atoms with Crippen molar-refractivity contribution in [3.8, 4) is 0 Å². The third-order valence-corrected chi connectivity index (χ3v) is 2.85. The second kappa shape index (κ2) is 5.68. The highest BCUT2D eigenvalue weighted by Crippen LogP contribution is 2.07. The molecule has 17 heavy (non-hydrogen) atoms. The zero-order valence-corrected chi connectivity index (χ0v) is 10.4. The summed E-state index contributed by atoms with van der Waals surface area (Å²) in [4.78, 5) is 0. The lowest BCUT2D eigenvalue weighted by Gasteiger charge is -2.03. The van der Waals surface area contributed by atoms with Crippen LogP contribution in [0, 0.1) is 0 Å². The molecule has 0 aromatic carbocycles. The highest BCUT2D eigenvalue weighted by Gasteiger charge is 2.01. The van der Waals surface area contributed by atoms with Crippen LogP contribution in [0.5, 0.6) is 0 Å². The minimum atomic E-state index is 0.790. The first-order chi connectivity index (χ1) is 8.29. The monoisotopic (exact) mass is 233 g/mol. The smallest absolute Gasteiger partial charge is 0.117 e. The van der Waals surface area contributed by atoms with E-state index in [2.05, 4.69) is 17.3 Å². The van der Waals surface area contributed by atoms with Crippen molar-refractivity contribution in [3.63, 3.8) is 0 Å². The molecule has 2 aromatic heterocycles. The predicted molar refractivity (Wildman–Crippen MR) is 66.7 cm³/mol. The second-order valence-corrected chi connectivity index (χ2v) is 4.09. The van der Waals surface area contributed by atoms with Crippen LogP contribution in [0.1, 0.15) is 24.1 Å². The van der Waals surface area contributed by atoms with E-state index in [1.807, 2.05) is 36.1 Å². The van der Waals surface area contributed by atoms with Crippen molar-refractivity contribution in [1.82, 2.24) is 15.1 Å². The molecule has 0 aliphatic heterocycles. The Morgan fingerprint density at radius 1 is 1.29 bits per heavy atom. The third-order valence-electron chi connectivity index (χ3n) is 2.85. The second-order valence-electron chi connectivity index (χ2n) is 4.09. The molecule has 0 radical (unpaired) electrons. The van der Waals surface area contributed by atoms with Crippen molar-refractivity contribution < 1.29 is 4.42 Å². The average Bonchev–Trinajstić information content (AvgIpc) is 2.94. The first-order valence-corrected chi connectivity index (χ1v) is 6.04. The van der Waals surface area contributed by atoms with Gasteiger partial charge in [0.05, 0.1) is 6.54 Å². The van der Waals surface area contributed by atoms with E-state index in [4.69, 9.17) is 4.42 Å². The van der Waals surface area contributed by atoms with Gasteiger partial charge in [-0.3, -0.25) is 4.68 Å². The standard InChI is InChI=1S/C13H19N3O/c1-3-12-4-5-13(17-12)10-14-8-6-11-7-9-15-16(11)2/h4-5,7,9,14H,3,6,8,10H2,1-2H3. The quantitative estimate of drug-likeness (QED) is 0.775. The number of furan rings is 1. The Labute approximate surface area is 102 Å². The summed E-state index contributed by atoms with van der Waals surface area (Å²) in [7, 11) is 1.97. The summed E-state index contributed by atoms with van der Waals surface area (Å²) in [5.41, 5.74) is 1.24. The van der Waals surface area contributed by atoms with Crippen LogP contribution >= 0.6 is 0 Å². The zero-order chi connectivity index (χ0) is 12.1. The fourth-order valence-electron chi connectivity index (χ4n) is 1.78. The molecule has 0 spiro atoms. The van der Waals surface area contributed by atoms with Crippen molar-refractivity contribution in [2.24, 2.45) is 7.05 Å². The maximum absolute atomic E-state index is 5.61. The van der Waals surface area contributed by atoms with Crippen LogP contribution in [-0.4, -0.2) is 16.3 Å². The maximum atomic E-state index is 5.61. The number of aromatic nitrogens is 2. The van der Waals surface area contributed by atoms with Crippen LogP contribution in [0.25, 0.3) is 0 Å². The van der Waals surface area contributed by atoms with Gasteiger partial charge in [0.1, 0.15) is 11.5 Å². The molecule has 4 nitrogen and oxygen atoms in total. The van der Waals surface area contributed by atoms with Crippen LogP contribution in [0.2, 0.25) is 0 Å². The molecule has 0 aliphatic carbocycles. The summed E-state index contributed by atoms with van der Waals surface area (Å²) < 4.78 is 7.52. The van der Waals surface area contributed by atoms with Crippen molar-refractivity contribution in [2.75, 3.05) is 6.54 Å². The fraction of sp³-hybridized carbons (Fsp3) is 0.462. The van der Waals surface area contributed by atoms with Gasteiger partial charge in [0, 0.05) is 38.3 Å². The topological polar surface area (TPSA) is 43.0 Å². The molecule has 92 valence electrons. The molecule has 0 bridgehead atoms. The molecule has 2 heterocycles. The first kappa shape index (κ1) is 11.9. The lowest BCUT2D eigenvalue weighted by atomic mass is 10.3. The molecule has 2 aromatic rings. The first-order valence-electron chi connectivity index (χ1n) is 6.04. The van der Waals surface area contributed by atoms with Gasteiger partial charge in [-0.15, -0.1) is 0 Å². The summed E-state index contributed by atoms with van der Waals surface area (Å²) >= 11 is 0. The predicted octanol–water partition coefficient (Wildman–Crippen LogP) is 1.91. The molecular formula is C13H19N3O. The lowest BCUT2D eigenvalue weighted by Crippen LogP contribution is -2.17. The van der Waals surface area contributed by atoms with Crippen LogP contribution in [-0.2, 0) is 26.4 Å². The SMILES string of the molecule is CCc1ccc(CNCCc2ccnn2C)o1. The minimum absolute atomic E-state index is 0.790. The van der Waals surface area contributed by atoms with E-state index < -0.39 is 0 Å². The van der Waals surface area contributed by atoms with Crippen molar-refractivity contribution in [3.05, 3.63) is 41.6 Å². The number of hydrogen-bond acceptors (Lipinski definition) is 3. The Morgan fingerprint density at radius 3 is 2.76 bits per heavy atom. The molecule has 2 rings (SSSR count). The number of rotatable bonds is 6. The molecule has 4 heteroatoms. The largest absolute Gasteiger partial charge is 0.465 e. The molecule has 0 aliphatic rings. The van der Waals surface area contributed by atoms with Crippen LogP contribution in [0.4, 0.5) is 0 Å². The van der Waals surface area contributed by atoms with Gasteiger partial charge in [-0.05, 0) is 18.2 Å². The summed E-state index contributed by atoms with van der Waals surface area (Å²) in [6.45, 7) is 3.82. The Hall–Kier alpha value is -1.55. The number of aryl methyl sites for hydroxylation is 2. The van der Waals surface area contributed by atoms with Gasteiger partial charge in [0.2, 0.25) is 0 Å². The lowest BCUT2D eigenvalue weighted by molar-refractivity contribution is 0.450. The van der Waals surface area contributed by atoms with Crippen LogP contribution in [0.15, 0.2) is 28.8 Å². The average molecular weight is 233 g/mol. The van der Waals surface area contributed by atoms with Crippen LogP contribution < -0.4 is 5.32 Å². The number of nitrogens with one attached hydrogen (secondary N) is 1. The summed E-state index contributed by atoms with van der Waals surface area (Å²) in [5.74, 6) is 2.06. The van der Waals surface area contributed by atoms with E-state index in [0.29, 0.717) is 0 Å². The highest BCUT2D eigenvalue weighted by molar-refractivity contribution is 5.07. The summed E-state index contributed by atoms with van der Waals surface area (Å²) in [6.07, 6.45) is 3.77. The molecule has 0 amide bonds. The van der Waals surface area contributed by atoms with E-state index in [1.165, 1.54) is 5.69 Å². The molecule has 0 unspecified atom stereocenters. The summed E-state index contributed by atoms with van der Waals surface area (Å²) in [5, 5.41) is 7.51. The van der Waals surface area contributed by atoms with Crippen molar-refractivity contribution in [1.29, 1.82) is 0 Å². The normalized spacial score (nSPS) is 10.9. The fourth-order valence-corrected chi connectivity index (χ4v) is 1.78. The van der Waals surface area contributed by atoms with E-state index in [-0.39, 0.29) is 0 Å². The molecule has 0 saturated carbocycles. The number of nitrogens with zero attached hydrogens (tertiary/aromatic N) is 2. The van der Waals surface area contributed by atoms with Gasteiger partial charge in [0.15, 0.2) is 0 Å². The van der Waals surface area contributed by atoms with Crippen LogP contribution in [0.3, 0.4) is 0 Å². The van der Waals surface area contributed by atoms with E-state index in [1.54, 1.807) is 0 Å². The minimum Gasteiger partial charge on any atom is -0.465 e. The van der Waals surface area contributed by atoms with Gasteiger partial charge < -0.3 is 9.73 Å². The molecule has 0 atom stereocenters. The van der Waals surface area contributed by atoms with Gasteiger partial charge in [-0.2, -0.15) is 5.10 Å². The van der Waals surface area contributed by atoms with Gasteiger partial charge in [-0.1, -0.05) is 6.92 Å². The number of hydrogen-bond donors (Lipinski definition) is 1. The molecule has 0 saturated heterocycles. The highest BCUT2D eigenvalue weighted by atomic mass is 16.3.